The molecule has 0 amide bonds. The van der Waals surface area contributed by atoms with E-state index in [9.17, 15) is 0 Å². The molecular formula is C8H9N5O. The number of aryl methyl sites for hydroxylation is 1. The molecule has 0 spiro atoms. The van der Waals surface area contributed by atoms with E-state index in [0.29, 0.717) is 24.1 Å². The Morgan fingerprint density at radius 1 is 1.43 bits per heavy atom. The van der Waals surface area contributed by atoms with Crippen molar-refractivity contribution in [2.75, 3.05) is 5.32 Å². The van der Waals surface area contributed by atoms with Gasteiger partial charge in [0, 0.05) is 12.4 Å². The first-order valence-electron chi connectivity index (χ1n) is 4.13. The fourth-order valence-corrected chi connectivity index (χ4v) is 0.968. The van der Waals surface area contributed by atoms with E-state index >= 15 is 0 Å². The van der Waals surface area contributed by atoms with Crippen molar-refractivity contribution in [3.05, 3.63) is 30.3 Å². The van der Waals surface area contributed by atoms with Crippen LogP contribution in [0.2, 0.25) is 0 Å². The van der Waals surface area contributed by atoms with Crippen LogP contribution in [-0.4, -0.2) is 20.1 Å². The minimum atomic E-state index is 0.458. The molecule has 0 fully saturated rings. The Kier molecular flexibility index (Phi) is 2.35. The van der Waals surface area contributed by atoms with Crippen molar-refractivity contribution in [1.82, 2.24) is 20.1 Å². The van der Waals surface area contributed by atoms with Crippen molar-refractivity contribution >= 4 is 5.82 Å². The first-order chi connectivity index (χ1) is 6.84. The van der Waals surface area contributed by atoms with E-state index in [4.69, 9.17) is 4.52 Å². The number of aromatic nitrogens is 4. The van der Waals surface area contributed by atoms with Gasteiger partial charge in [0.05, 0.1) is 12.7 Å². The zero-order chi connectivity index (χ0) is 9.80. The molecule has 0 saturated carbocycles. The molecule has 2 aromatic rings. The molecule has 0 unspecified atom stereocenters. The van der Waals surface area contributed by atoms with Gasteiger partial charge in [-0.15, -0.1) is 0 Å². The van der Waals surface area contributed by atoms with Gasteiger partial charge in [-0.3, -0.25) is 4.98 Å². The van der Waals surface area contributed by atoms with Crippen LogP contribution in [0.4, 0.5) is 5.82 Å². The highest BCUT2D eigenvalue weighted by molar-refractivity contribution is 5.29. The SMILES string of the molecule is Cc1noc(CNc2cnccn2)n1. The second-order valence-electron chi connectivity index (χ2n) is 2.68. The Morgan fingerprint density at radius 2 is 2.36 bits per heavy atom. The average molecular weight is 191 g/mol. The minimum absolute atomic E-state index is 0.458. The summed E-state index contributed by atoms with van der Waals surface area (Å²) in [5.74, 6) is 1.84. The van der Waals surface area contributed by atoms with Crippen LogP contribution in [0.1, 0.15) is 11.7 Å². The van der Waals surface area contributed by atoms with Crippen molar-refractivity contribution in [2.24, 2.45) is 0 Å². The molecule has 0 aromatic carbocycles. The number of anilines is 1. The van der Waals surface area contributed by atoms with Crippen molar-refractivity contribution in [1.29, 1.82) is 0 Å². The fourth-order valence-electron chi connectivity index (χ4n) is 0.968. The third kappa shape index (κ3) is 2.03. The topological polar surface area (TPSA) is 76.7 Å². The molecule has 0 aliphatic carbocycles. The van der Waals surface area contributed by atoms with Crippen molar-refractivity contribution in [2.45, 2.75) is 13.5 Å². The zero-order valence-corrected chi connectivity index (χ0v) is 7.64. The highest BCUT2D eigenvalue weighted by Crippen LogP contribution is 2.01. The largest absolute Gasteiger partial charge is 0.360 e. The number of nitrogens with one attached hydrogen (secondary N) is 1. The second-order valence-corrected chi connectivity index (χ2v) is 2.68. The van der Waals surface area contributed by atoms with Gasteiger partial charge >= 0.3 is 0 Å². The molecule has 14 heavy (non-hydrogen) atoms. The summed E-state index contributed by atoms with van der Waals surface area (Å²) in [4.78, 5) is 12.0. The Hall–Kier alpha value is -1.98. The molecule has 2 rings (SSSR count). The Balaban J connectivity index is 1.95. The Labute approximate surface area is 80.4 Å². The van der Waals surface area contributed by atoms with Crippen molar-refractivity contribution in [3.8, 4) is 0 Å². The highest BCUT2D eigenvalue weighted by Gasteiger charge is 2.01. The van der Waals surface area contributed by atoms with E-state index in [0.717, 1.165) is 0 Å². The number of hydrogen-bond donors (Lipinski definition) is 1. The molecule has 0 saturated heterocycles. The summed E-state index contributed by atoms with van der Waals surface area (Å²) in [6.45, 7) is 2.23. The van der Waals surface area contributed by atoms with Gasteiger partial charge in [0.25, 0.3) is 0 Å². The van der Waals surface area contributed by atoms with E-state index in [-0.39, 0.29) is 0 Å². The molecule has 6 nitrogen and oxygen atoms in total. The summed E-state index contributed by atoms with van der Waals surface area (Å²) in [5, 5.41) is 6.67. The van der Waals surface area contributed by atoms with Crippen LogP contribution in [0, 0.1) is 6.92 Å². The molecular weight excluding hydrogens is 182 g/mol. The normalized spacial score (nSPS) is 10.1. The van der Waals surface area contributed by atoms with Gasteiger partial charge in [-0.05, 0) is 6.92 Å². The lowest BCUT2D eigenvalue weighted by molar-refractivity contribution is 0.379. The van der Waals surface area contributed by atoms with Crippen LogP contribution in [0.15, 0.2) is 23.1 Å². The standard InChI is InChI=1S/C8H9N5O/c1-6-12-8(14-13-6)5-11-7-4-9-2-3-10-7/h2-4H,5H2,1H3,(H,10,11). The minimum Gasteiger partial charge on any atom is -0.360 e. The van der Waals surface area contributed by atoms with Crippen molar-refractivity contribution < 1.29 is 4.52 Å². The summed E-state index contributed by atoms with van der Waals surface area (Å²) < 4.78 is 4.91. The summed E-state index contributed by atoms with van der Waals surface area (Å²) in [7, 11) is 0. The fraction of sp³-hybridized carbons (Fsp3) is 0.250. The van der Waals surface area contributed by atoms with E-state index in [2.05, 4.69) is 25.4 Å². The van der Waals surface area contributed by atoms with Crippen molar-refractivity contribution in [3.63, 3.8) is 0 Å². The number of rotatable bonds is 3. The van der Waals surface area contributed by atoms with Gasteiger partial charge in [-0.1, -0.05) is 5.16 Å². The predicted octanol–water partition coefficient (Wildman–Crippen LogP) is 0.780. The van der Waals surface area contributed by atoms with Gasteiger partial charge in [0.15, 0.2) is 5.82 Å². The third-order valence-corrected chi connectivity index (χ3v) is 1.55. The predicted molar refractivity (Wildman–Crippen MR) is 48.4 cm³/mol. The molecule has 72 valence electrons. The van der Waals surface area contributed by atoms with E-state index in [1.54, 1.807) is 25.5 Å². The highest BCUT2D eigenvalue weighted by atomic mass is 16.5. The lowest BCUT2D eigenvalue weighted by atomic mass is 10.5. The third-order valence-electron chi connectivity index (χ3n) is 1.55. The van der Waals surface area contributed by atoms with Gasteiger partial charge in [-0.2, -0.15) is 4.98 Å². The quantitative estimate of drug-likeness (QED) is 0.772. The maximum absolute atomic E-state index is 4.91. The van der Waals surface area contributed by atoms with Gasteiger partial charge in [-0.25, -0.2) is 4.98 Å². The Morgan fingerprint density at radius 3 is 3.00 bits per heavy atom. The lowest BCUT2D eigenvalue weighted by Gasteiger charge is -1.99. The van der Waals surface area contributed by atoms with Crippen LogP contribution in [0.5, 0.6) is 0 Å². The molecule has 2 aromatic heterocycles. The number of nitrogens with zero attached hydrogens (tertiary/aromatic N) is 4. The first-order valence-corrected chi connectivity index (χ1v) is 4.13. The zero-order valence-electron chi connectivity index (χ0n) is 7.64. The Bertz CT molecular complexity index is 399. The molecule has 2 heterocycles. The molecule has 6 heteroatoms. The molecule has 0 aliphatic heterocycles. The molecule has 1 N–H and O–H groups in total. The maximum atomic E-state index is 4.91. The van der Waals surface area contributed by atoms with Gasteiger partial charge in [0.1, 0.15) is 5.82 Å². The van der Waals surface area contributed by atoms with Crippen LogP contribution in [-0.2, 0) is 6.54 Å². The molecule has 0 bridgehead atoms. The maximum Gasteiger partial charge on any atom is 0.245 e. The smallest absolute Gasteiger partial charge is 0.245 e. The van der Waals surface area contributed by atoms with E-state index < -0.39 is 0 Å². The van der Waals surface area contributed by atoms with Gasteiger partial charge < -0.3 is 9.84 Å². The summed E-state index contributed by atoms with van der Waals surface area (Å²) in [5.41, 5.74) is 0. The number of hydrogen-bond acceptors (Lipinski definition) is 6. The first kappa shape index (κ1) is 8.61. The second kappa shape index (κ2) is 3.82. The molecule has 0 radical (unpaired) electrons. The lowest BCUT2D eigenvalue weighted by Crippen LogP contribution is -2.01. The van der Waals surface area contributed by atoms with Crippen LogP contribution < -0.4 is 5.32 Å². The molecule has 0 aliphatic rings. The van der Waals surface area contributed by atoms with Gasteiger partial charge in [0.2, 0.25) is 5.89 Å². The summed E-state index contributed by atoms with van der Waals surface area (Å²) >= 11 is 0. The van der Waals surface area contributed by atoms with Crippen LogP contribution in [0.25, 0.3) is 0 Å². The summed E-state index contributed by atoms with van der Waals surface area (Å²) in [6, 6.07) is 0. The average Bonchev–Trinajstić information content (AvgIpc) is 2.63. The van der Waals surface area contributed by atoms with Crippen LogP contribution >= 0.6 is 0 Å². The van der Waals surface area contributed by atoms with E-state index in [1.165, 1.54) is 0 Å². The van der Waals surface area contributed by atoms with E-state index in [1.807, 2.05) is 0 Å². The van der Waals surface area contributed by atoms with Crippen LogP contribution in [0.3, 0.4) is 0 Å². The summed E-state index contributed by atoms with van der Waals surface area (Å²) in [6.07, 6.45) is 4.85. The monoisotopic (exact) mass is 191 g/mol. The molecule has 0 atom stereocenters.